The normalized spacial score (nSPS) is 21.9. The summed E-state index contributed by atoms with van der Waals surface area (Å²) in [4.78, 5) is 24.7. The lowest BCUT2D eigenvalue weighted by Gasteiger charge is -2.42. The Kier molecular flexibility index (Phi) is 4.86. The van der Waals surface area contributed by atoms with Gasteiger partial charge in [-0.2, -0.15) is 4.98 Å². The molecular weight excluding hydrogens is 342 g/mol. The minimum Gasteiger partial charge on any atom is -0.480 e. The maximum absolute atomic E-state index is 11.2. The van der Waals surface area contributed by atoms with Gasteiger partial charge in [0.15, 0.2) is 0 Å². The van der Waals surface area contributed by atoms with Gasteiger partial charge in [0, 0.05) is 38.1 Å². The fraction of sp³-hybridized carbons (Fsp3) is 0.550. The molecule has 4 rings (SSSR count). The maximum atomic E-state index is 11.2. The van der Waals surface area contributed by atoms with Crippen molar-refractivity contribution in [3.63, 3.8) is 0 Å². The largest absolute Gasteiger partial charge is 0.480 e. The molecule has 27 heavy (non-hydrogen) atoms. The summed E-state index contributed by atoms with van der Waals surface area (Å²) in [5.41, 5.74) is 0.927. The second-order valence-electron chi connectivity index (χ2n) is 8.02. The highest BCUT2D eigenvalue weighted by Gasteiger charge is 2.37. The molecule has 0 spiro atoms. The molecule has 2 aliphatic rings. The van der Waals surface area contributed by atoms with E-state index in [9.17, 15) is 9.90 Å². The van der Waals surface area contributed by atoms with Crippen LogP contribution >= 0.6 is 0 Å². The van der Waals surface area contributed by atoms with Crippen LogP contribution in [0.3, 0.4) is 0 Å². The van der Waals surface area contributed by atoms with Crippen molar-refractivity contribution in [3.8, 4) is 0 Å². The van der Waals surface area contributed by atoms with Crippen molar-refractivity contribution in [1.82, 2.24) is 14.9 Å². The molecule has 2 fully saturated rings. The molecule has 0 unspecified atom stereocenters. The molecule has 2 saturated carbocycles. The lowest BCUT2D eigenvalue weighted by Crippen LogP contribution is -2.52. The standard InChI is InChI=1S/C20H27N5O2/c1-24(2)19-16-5-3-4-6-17(16)22-20(23-19)21-14-9-15(10-14)25(12-18(26)27)11-13-7-8-13/h3-6,13-15H,7-12H2,1-2H3,(H,26,27)(H,21,22,23). The first kappa shape index (κ1) is 18.0. The van der Waals surface area contributed by atoms with Crippen LogP contribution in [0.15, 0.2) is 24.3 Å². The summed E-state index contributed by atoms with van der Waals surface area (Å²) in [6.07, 6.45) is 4.35. The molecule has 1 aromatic heterocycles. The number of nitrogens with zero attached hydrogens (tertiary/aromatic N) is 4. The van der Waals surface area contributed by atoms with Gasteiger partial charge in [0.1, 0.15) is 5.82 Å². The fourth-order valence-corrected chi connectivity index (χ4v) is 3.80. The van der Waals surface area contributed by atoms with E-state index in [0.29, 0.717) is 23.9 Å². The SMILES string of the molecule is CN(C)c1nc(NC2CC(N(CC(=O)O)CC3CC3)C2)nc2ccccc12. The molecule has 1 heterocycles. The Morgan fingerprint density at radius 2 is 1.96 bits per heavy atom. The number of para-hydroxylation sites is 1. The van der Waals surface area contributed by atoms with Gasteiger partial charge in [0.25, 0.3) is 0 Å². The maximum Gasteiger partial charge on any atom is 0.317 e. The van der Waals surface area contributed by atoms with E-state index in [2.05, 4.69) is 15.2 Å². The van der Waals surface area contributed by atoms with Gasteiger partial charge in [-0.05, 0) is 43.7 Å². The van der Waals surface area contributed by atoms with Crippen molar-refractivity contribution in [1.29, 1.82) is 0 Å². The third-order valence-electron chi connectivity index (χ3n) is 5.50. The van der Waals surface area contributed by atoms with Gasteiger partial charge in [-0.1, -0.05) is 12.1 Å². The molecule has 2 aliphatic carbocycles. The summed E-state index contributed by atoms with van der Waals surface area (Å²) in [7, 11) is 3.97. The van der Waals surface area contributed by atoms with Crippen molar-refractivity contribution < 1.29 is 9.90 Å². The summed E-state index contributed by atoms with van der Waals surface area (Å²) in [6, 6.07) is 8.66. The van der Waals surface area contributed by atoms with Crippen molar-refractivity contribution in [2.45, 2.75) is 37.8 Å². The number of hydrogen-bond donors (Lipinski definition) is 2. The van der Waals surface area contributed by atoms with Crippen LogP contribution in [0.1, 0.15) is 25.7 Å². The second kappa shape index (κ2) is 7.31. The van der Waals surface area contributed by atoms with Crippen LogP contribution in [0.25, 0.3) is 10.9 Å². The first-order valence-electron chi connectivity index (χ1n) is 9.66. The molecule has 1 aromatic carbocycles. The first-order valence-corrected chi connectivity index (χ1v) is 9.66. The molecule has 0 radical (unpaired) electrons. The summed E-state index contributed by atoms with van der Waals surface area (Å²) in [6.45, 7) is 1.06. The molecule has 0 amide bonds. The van der Waals surface area contributed by atoms with E-state index in [0.717, 1.165) is 36.1 Å². The summed E-state index contributed by atoms with van der Waals surface area (Å²) in [5, 5.41) is 13.7. The Hall–Kier alpha value is -2.41. The third-order valence-corrected chi connectivity index (χ3v) is 5.50. The molecular formula is C20H27N5O2. The van der Waals surface area contributed by atoms with Gasteiger partial charge < -0.3 is 15.3 Å². The van der Waals surface area contributed by atoms with E-state index in [-0.39, 0.29) is 6.54 Å². The number of carbonyl (C=O) groups is 1. The predicted octanol–water partition coefficient (Wildman–Crippen LogP) is 2.44. The van der Waals surface area contributed by atoms with Gasteiger partial charge in [-0.3, -0.25) is 9.69 Å². The smallest absolute Gasteiger partial charge is 0.317 e. The molecule has 7 heteroatoms. The number of fused-ring (bicyclic) bond motifs is 1. The zero-order chi connectivity index (χ0) is 19.0. The van der Waals surface area contributed by atoms with Crippen LogP contribution in [0.4, 0.5) is 11.8 Å². The second-order valence-corrected chi connectivity index (χ2v) is 8.02. The Morgan fingerprint density at radius 1 is 1.22 bits per heavy atom. The minimum absolute atomic E-state index is 0.144. The molecule has 0 bridgehead atoms. The number of benzene rings is 1. The monoisotopic (exact) mass is 369 g/mol. The average molecular weight is 369 g/mol. The molecule has 2 N–H and O–H groups in total. The minimum atomic E-state index is -0.736. The zero-order valence-electron chi connectivity index (χ0n) is 15.9. The fourth-order valence-electron chi connectivity index (χ4n) is 3.80. The summed E-state index contributed by atoms with van der Waals surface area (Å²) in [5.74, 6) is 1.51. The highest BCUT2D eigenvalue weighted by Crippen LogP contribution is 2.34. The summed E-state index contributed by atoms with van der Waals surface area (Å²) < 4.78 is 0. The zero-order valence-corrected chi connectivity index (χ0v) is 15.9. The topological polar surface area (TPSA) is 81.6 Å². The predicted molar refractivity (Wildman–Crippen MR) is 106 cm³/mol. The molecule has 7 nitrogen and oxygen atoms in total. The average Bonchev–Trinajstić information content (AvgIpc) is 3.40. The van der Waals surface area contributed by atoms with Crippen LogP contribution in [0, 0.1) is 5.92 Å². The number of nitrogens with one attached hydrogen (secondary N) is 1. The Morgan fingerprint density at radius 3 is 2.63 bits per heavy atom. The van der Waals surface area contributed by atoms with Crippen LogP contribution < -0.4 is 10.2 Å². The van der Waals surface area contributed by atoms with E-state index >= 15 is 0 Å². The molecule has 0 saturated heterocycles. The van der Waals surface area contributed by atoms with Crippen LogP contribution in [0.5, 0.6) is 0 Å². The van der Waals surface area contributed by atoms with Crippen LogP contribution in [0.2, 0.25) is 0 Å². The number of aromatic nitrogens is 2. The van der Waals surface area contributed by atoms with Crippen LogP contribution in [-0.4, -0.2) is 65.2 Å². The molecule has 0 atom stereocenters. The van der Waals surface area contributed by atoms with Crippen molar-refractivity contribution in [3.05, 3.63) is 24.3 Å². The molecule has 2 aromatic rings. The van der Waals surface area contributed by atoms with Crippen LogP contribution in [-0.2, 0) is 4.79 Å². The van der Waals surface area contributed by atoms with E-state index < -0.39 is 5.97 Å². The summed E-state index contributed by atoms with van der Waals surface area (Å²) >= 11 is 0. The van der Waals surface area contributed by atoms with E-state index in [1.165, 1.54) is 12.8 Å². The van der Waals surface area contributed by atoms with E-state index in [1.54, 1.807) is 0 Å². The van der Waals surface area contributed by atoms with Crippen molar-refractivity contribution in [2.24, 2.45) is 5.92 Å². The van der Waals surface area contributed by atoms with Gasteiger partial charge >= 0.3 is 5.97 Å². The number of anilines is 2. The highest BCUT2D eigenvalue weighted by molar-refractivity contribution is 5.90. The number of rotatable bonds is 8. The van der Waals surface area contributed by atoms with Gasteiger partial charge in [0.05, 0.1) is 12.1 Å². The lowest BCUT2D eigenvalue weighted by molar-refractivity contribution is -0.139. The van der Waals surface area contributed by atoms with E-state index in [4.69, 9.17) is 4.98 Å². The quantitative estimate of drug-likeness (QED) is 0.739. The Balaban J connectivity index is 1.42. The van der Waals surface area contributed by atoms with Gasteiger partial charge in [-0.25, -0.2) is 4.98 Å². The number of carboxylic acids is 1. The number of hydrogen-bond acceptors (Lipinski definition) is 6. The van der Waals surface area contributed by atoms with Crippen molar-refractivity contribution in [2.75, 3.05) is 37.4 Å². The number of carboxylic acid groups (broad SMARTS) is 1. The van der Waals surface area contributed by atoms with E-state index in [1.807, 2.05) is 43.3 Å². The van der Waals surface area contributed by atoms with Gasteiger partial charge in [-0.15, -0.1) is 0 Å². The third kappa shape index (κ3) is 4.13. The number of aliphatic carboxylic acids is 1. The highest BCUT2D eigenvalue weighted by atomic mass is 16.4. The Labute approximate surface area is 159 Å². The molecule has 0 aliphatic heterocycles. The van der Waals surface area contributed by atoms with Crippen molar-refractivity contribution >= 4 is 28.6 Å². The van der Waals surface area contributed by atoms with Gasteiger partial charge in [0.2, 0.25) is 5.95 Å². The Bertz CT molecular complexity index is 830. The lowest BCUT2D eigenvalue weighted by atomic mass is 9.85. The first-order chi connectivity index (χ1) is 13.0. The molecule has 144 valence electrons.